The largest absolute Gasteiger partial charge is 0.350 e. The van der Waals surface area contributed by atoms with Crippen LogP contribution in [-0.2, 0) is 9.59 Å². The van der Waals surface area contributed by atoms with Crippen LogP contribution in [0.15, 0.2) is 18.2 Å². The van der Waals surface area contributed by atoms with Gasteiger partial charge >= 0.3 is 0 Å². The molecule has 1 aromatic rings. The van der Waals surface area contributed by atoms with Crippen LogP contribution in [0.4, 0.5) is 5.69 Å². The molecule has 0 saturated carbocycles. The Bertz CT molecular complexity index is 641. The van der Waals surface area contributed by atoms with Crippen molar-refractivity contribution in [3.63, 3.8) is 0 Å². The van der Waals surface area contributed by atoms with Gasteiger partial charge in [-0.1, -0.05) is 19.9 Å². The topological polar surface area (TPSA) is 113 Å². The first-order valence-corrected chi connectivity index (χ1v) is 8.36. The van der Waals surface area contributed by atoms with Crippen LogP contribution in [-0.4, -0.2) is 36.3 Å². The summed E-state index contributed by atoms with van der Waals surface area (Å²) in [7, 11) is 0. The van der Waals surface area contributed by atoms with E-state index < -0.39 is 6.04 Å². The maximum absolute atomic E-state index is 12.2. The third-order valence-corrected chi connectivity index (χ3v) is 3.63. The number of carbonyl (C=O) groups excluding carboxylic acids is 3. The quantitative estimate of drug-likeness (QED) is 0.592. The molecular formula is C18H28N4O3. The lowest BCUT2D eigenvalue weighted by molar-refractivity contribution is -0.125. The minimum atomic E-state index is -0.654. The summed E-state index contributed by atoms with van der Waals surface area (Å²) in [6, 6.07) is 4.45. The molecule has 0 spiro atoms. The number of carbonyl (C=O) groups is 3. The Kier molecular flexibility index (Phi) is 7.57. The van der Waals surface area contributed by atoms with E-state index in [2.05, 4.69) is 16.0 Å². The van der Waals surface area contributed by atoms with Gasteiger partial charge in [0, 0.05) is 17.3 Å². The highest BCUT2D eigenvalue weighted by Crippen LogP contribution is 2.15. The summed E-state index contributed by atoms with van der Waals surface area (Å²) in [5, 5.41) is 7.99. The summed E-state index contributed by atoms with van der Waals surface area (Å²) in [5.74, 6) is -0.962. The summed E-state index contributed by atoms with van der Waals surface area (Å²) in [6.45, 7) is 9.07. The van der Waals surface area contributed by atoms with Crippen LogP contribution in [0.5, 0.6) is 0 Å². The Morgan fingerprint density at radius 2 is 1.76 bits per heavy atom. The van der Waals surface area contributed by atoms with Gasteiger partial charge in [0.25, 0.3) is 5.91 Å². The van der Waals surface area contributed by atoms with E-state index in [4.69, 9.17) is 5.73 Å². The molecule has 0 bridgehead atoms. The summed E-state index contributed by atoms with van der Waals surface area (Å²) >= 11 is 0. The third kappa shape index (κ3) is 6.54. The van der Waals surface area contributed by atoms with Crippen LogP contribution < -0.4 is 21.7 Å². The molecule has 1 aromatic carbocycles. The molecule has 5 N–H and O–H groups in total. The number of amides is 3. The van der Waals surface area contributed by atoms with Crippen molar-refractivity contribution in [1.82, 2.24) is 10.6 Å². The number of aryl methyl sites for hydroxylation is 1. The van der Waals surface area contributed by atoms with Gasteiger partial charge in [0.15, 0.2) is 0 Å². The SMILES string of the molecule is Cc1ccc(NC(=O)CNC(=O)[C@@H](N)C(C)C)cc1C(=O)NC(C)C. The first-order chi connectivity index (χ1) is 11.6. The fourth-order valence-corrected chi connectivity index (χ4v) is 2.08. The van der Waals surface area contributed by atoms with E-state index in [9.17, 15) is 14.4 Å². The minimum absolute atomic E-state index is 0.0119. The molecule has 138 valence electrons. The molecule has 1 atom stereocenters. The predicted molar refractivity (Wildman–Crippen MR) is 98.2 cm³/mol. The van der Waals surface area contributed by atoms with Crippen LogP contribution in [0, 0.1) is 12.8 Å². The van der Waals surface area contributed by atoms with E-state index in [-0.39, 0.29) is 36.2 Å². The number of hydrogen-bond acceptors (Lipinski definition) is 4. The van der Waals surface area contributed by atoms with Crippen LogP contribution >= 0.6 is 0 Å². The van der Waals surface area contributed by atoms with Crippen LogP contribution in [0.3, 0.4) is 0 Å². The first kappa shape index (κ1) is 20.6. The van der Waals surface area contributed by atoms with Crippen molar-refractivity contribution in [2.75, 3.05) is 11.9 Å². The average Bonchev–Trinajstić information content (AvgIpc) is 2.52. The molecule has 0 unspecified atom stereocenters. The number of hydrogen-bond donors (Lipinski definition) is 4. The van der Waals surface area contributed by atoms with Crippen molar-refractivity contribution in [3.8, 4) is 0 Å². The number of nitrogens with two attached hydrogens (primary N) is 1. The maximum atomic E-state index is 12.2. The number of rotatable bonds is 7. The molecule has 0 aliphatic heterocycles. The highest BCUT2D eigenvalue weighted by Gasteiger charge is 2.18. The fraction of sp³-hybridized carbons (Fsp3) is 0.500. The Morgan fingerprint density at radius 1 is 1.12 bits per heavy atom. The van der Waals surface area contributed by atoms with Crippen molar-refractivity contribution < 1.29 is 14.4 Å². The zero-order chi connectivity index (χ0) is 19.1. The van der Waals surface area contributed by atoms with Crippen molar-refractivity contribution >= 4 is 23.4 Å². The van der Waals surface area contributed by atoms with E-state index in [0.29, 0.717) is 11.3 Å². The second-order valence-corrected chi connectivity index (χ2v) is 6.69. The molecule has 0 saturated heterocycles. The zero-order valence-corrected chi connectivity index (χ0v) is 15.5. The highest BCUT2D eigenvalue weighted by molar-refractivity contribution is 5.99. The van der Waals surface area contributed by atoms with Gasteiger partial charge in [-0.3, -0.25) is 14.4 Å². The lowest BCUT2D eigenvalue weighted by Crippen LogP contribution is -2.46. The normalized spacial score (nSPS) is 12.0. The fourth-order valence-electron chi connectivity index (χ4n) is 2.08. The van der Waals surface area contributed by atoms with E-state index in [1.165, 1.54) is 0 Å². The van der Waals surface area contributed by atoms with Gasteiger partial charge in [-0.2, -0.15) is 0 Å². The average molecular weight is 348 g/mol. The van der Waals surface area contributed by atoms with Gasteiger partial charge in [-0.25, -0.2) is 0 Å². The van der Waals surface area contributed by atoms with E-state index in [1.807, 2.05) is 34.6 Å². The Morgan fingerprint density at radius 3 is 2.32 bits per heavy atom. The zero-order valence-electron chi connectivity index (χ0n) is 15.5. The highest BCUT2D eigenvalue weighted by atomic mass is 16.2. The van der Waals surface area contributed by atoms with Gasteiger partial charge in [0.2, 0.25) is 11.8 Å². The standard InChI is InChI=1S/C18H28N4O3/c1-10(2)16(19)18(25)20-9-15(23)22-13-7-6-12(5)14(8-13)17(24)21-11(3)4/h6-8,10-11,16H,9,19H2,1-5H3,(H,20,25)(H,21,24)(H,22,23)/t16-/m0/s1. The summed E-state index contributed by atoms with van der Waals surface area (Å²) in [5.41, 5.74) is 7.52. The van der Waals surface area contributed by atoms with Gasteiger partial charge in [0.1, 0.15) is 0 Å². The predicted octanol–water partition coefficient (Wildman–Crippen LogP) is 1.17. The molecule has 3 amide bonds. The Balaban J connectivity index is 2.69. The maximum Gasteiger partial charge on any atom is 0.251 e. The van der Waals surface area contributed by atoms with E-state index in [1.54, 1.807) is 18.2 Å². The minimum Gasteiger partial charge on any atom is -0.350 e. The van der Waals surface area contributed by atoms with Crippen LogP contribution in [0.1, 0.15) is 43.6 Å². The molecule has 0 fully saturated rings. The van der Waals surface area contributed by atoms with Crippen molar-refractivity contribution in [2.24, 2.45) is 11.7 Å². The van der Waals surface area contributed by atoms with Gasteiger partial charge in [-0.05, 0) is 44.4 Å². The Labute approximate surface area is 148 Å². The number of nitrogens with one attached hydrogen (secondary N) is 3. The summed E-state index contributed by atoms with van der Waals surface area (Å²) in [6.07, 6.45) is 0. The van der Waals surface area contributed by atoms with Gasteiger partial charge in [-0.15, -0.1) is 0 Å². The summed E-state index contributed by atoms with van der Waals surface area (Å²) in [4.78, 5) is 35.9. The first-order valence-electron chi connectivity index (χ1n) is 8.36. The van der Waals surface area contributed by atoms with Crippen LogP contribution in [0.25, 0.3) is 0 Å². The third-order valence-electron chi connectivity index (χ3n) is 3.63. The lowest BCUT2D eigenvalue weighted by atomic mass is 10.1. The molecule has 1 rings (SSSR count). The smallest absolute Gasteiger partial charge is 0.251 e. The molecule has 25 heavy (non-hydrogen) atoms. The van der Waals surface area contributed by atoms with Crippen molar-refractivity contribution in [3.05, 3.63) is 29.3 Å². The van der Waals surface area contributed by atoms with Crippen LogP contribution in [0.2, 0.25) is 0 Å². The van der Waals surface area contributed by atoms with E-state index in [0.717, 1.165) is 5.56 Å². The molecular weight excluding hydrogens is 320 g/mol. The van der Waals surface area contributed by atoms with Gasteiger partial charge in [0.05, 0.1) is 12.6 Å². The second-order valence-electron chi connectivity index (χ2n) is 6.69. The summed E-state index contributed by atoms with van der Waals surface area (Å²) < 4.78 is 0. The second kappa shape index (κ2) is 9.17. The van der Waals surface area contributed by atoms with Crippen molar-refractivity contribution in [2.45, 2.75) is 46.7 Å². The van der Waals surface area contributed by atoms with E-state index >= 15 is 0 Å². The molecule has 7 nitrogen and oxygen atoms in total. The molecule has 0 aromatic heterocycles. The van der Waals surface area contributed by atoms with Gasteiger partial charge < -0.3 is 21.7 Å². The molecule has 0 aliphatic rings. The molecule has 0 aliphatic carbocycles. The molecule has 0 radical (unpaired) electrons. The number of benzene rings is 1. The molecule has 0 heterocycles. The lowest BCUT2D eigenvalue weighted by Gasteiger charge is -2.15. The Hall–Kier alpha value is -2.41. The monoisotopic (exact) mass is 348 g/mol. The van der Waals surface area contributed by atoms with Crippen molar-refractivity contribution in [1.29, 1.82) is 0 Å². The molecule has 7 heteroatoms. The number of anilines is 1.